The first-order valence-corrected chi connectivity index (χ1v) is 9.00. The van der Waals surface area contributed by atoms with Crippen LogP contribution in [0.2, 0.25) is 0 Å². The van der Waals surface area contributed by atoms with E-state index in [9.17, 15) is 19.3 Å². The second-order valence-electron chi connectivity index (χ2n) is 5.52. The van der Waals surface area contributed by atoms with Crippen molar-refractivity contribution < 1.29 is 14.1 Å². The second kappa shape index (κ2) is 8.86. The number of nitro groups is 1. The van der Waals surface area contributed by atoms with E-state index >= 15 is 0 Å². The fourth-order valence-corrected chi connectivity index (χ4v) is 3.03. The Hall–Kier alpha value is -3.60. The van der Waals surface area contributed by atoms with Gasteiger partial charge in [0.25, 0.3) is 5.91 Å². The quantitative estimate of drug-likeness (QED) is 0.391. The summed E-state index contributed by atoms with van der Waals surface area (Å²) in [5, 5.41) is 16.4. The van der Waals surface area contributed by atoms with E-state index in [1.165, 1.54) is 12.1 Å². The molecule has 0 atom stereocenters. The van der Waals surface area contributed by atoms with Crippen molar-refractivity contribution in [2.24, 2.45) is 0 Å². The minimum Gasteiger partial charge on any atom is -0.364 e. The Labute approximate surface area is 162 Å². The van der Waals surface area contributed by atoms with Gasteiger partial charge in [-0.15, -0.1) is 11.3 Å². The number of benzene rings is 1. The molecule has 11 heteroatoms. The normalized spacial score (nSPS) is 10.3. The van der Waals surface area contributed by atoms with Gasteiger partial charge in [-0.3, -0.25) is 25.8 Å². The summed E-state index contributed by atoms with van der Waals surface area (Å²) in [5.41, 5.74) is 4.52. The Balaban J connectivity index is 1.68. The number of thiophene rings is 1. The van der Waals surface area contributed by atoms with E-state index in [-0.39, 0.29) is 17.2 Å². The van der Waals surface area contributed by atoms with E-state index in [1.807, 2.05) is 17.5 Å². The van der Waals surface area contributed by atoms with Crippen LogP contribution in [-0.2, 0) is 6.42 Å². The van der Waals surface area contributed by atoms with Crippen molar-refractivity contribution in [3.63, 3.8) is 0 Å². The van der Waals surface area contributed by atoms with Crippen LogP contribution >= 0.6 is 11.3 Å². The number of nitrogens with zero attached hydrogens (tertiary/aromatic N) is 3. The van der Waals surface area contributed by atoms with Crippen molar-refractivity contribution in [2.45, 2.75) is 6.42 Å². The topological polar surface area (TPSA) is 122 Å². The molecule has 0 aliphatic rings. The molecule has 3 rings (SSSR count). The van der Waals surface area contributed by atoms with Gasteiger partial charge in [0.2, 0.25) is 11.6 Å². The van der Waals surface area contributed by atoms with Gasteiger partial charge in [-0.2, -0.15) is 0 Å². The first-order valence-electron chi connectivity index (χ1n) is 8.12. The van der Waals surface area contributed by atoms with Crippen molar-refractivity contribution in [1.82, 2.24) is 15.4 Å². The Morgan fingerprint density at radius 1 is 1.18 bits per heavy atom. The van der Waals surface area contributed by atoms with Gasteiger partial charge >= 0.3 is 5.69 Å². The Kier molecular flexibility index (Phi) is 6.07. The lowest BCUT2D eigenvalue weighted by Gasteiger charge is -2.10. The number of anilines is 2. The second-order valence-corrected chi connectivity index (χ2v) is 6.55. The molecule has 1 amide bonds. The summed E-state index contributed by atoms with van der Waals surface area (Å²) < 4.78 is 12.9. The standard InChI is InChI=1S/C17H15FN6O3S/c18-12-5-3-11(4-6-12)17(25)23-22-16-14(24(26)27)15(20-10-21-16)19-8-7-13-2-1-9-28-13/h1-6,9-10H,7-8H2,(H,23,25)(H2,19,20,21,22). The molecule has 1 aromatic carbocycles. The molecule has 3 aromatic rings. The number of amides is 1. The first-order chi connectivity index (χ1) is 13.5. The van der Waals surface area contributed by atoms with Gasteiger partial charge in [-0.05, 0) is 42.1 Å². The van der Waals surface area contributed by atoms with E-state index in [1.54, 1.807) is 11.3 Å². The van der Waals surface area contributed by atoms with Gasteiger partial charge in [0.15, 0.2) is 0 Å². The number of aromatic nitrogens is 2. The van der Waals surface area contributed by atoms with Crippen LogP contribution in [0.3, 0.4) is 0 Å². The molecular formula is C17H15FN6O3S. The monoisotopic (exact) mass is 402 g/mol. The van der Waals surface area contributed by atoms with Gasteiger partial charge in [0.1, 0.15) is 12.1 Å². The van der Waals surface area contributed by atoms with Gasteiger partial charge in [0.05, 0.1) is 4.92 Å². The van der Waals surface area contributed by atoms with Gasteiger partial charge in [-0.25, -0.2) is 14.4 Å². The minimum atomic E-state index is -0.639. The number of nitrogens with one attached hydrogen (secondary N) is 3. The first kappa shape index (κ1) is 19.2. The number of hydrogen-bond acceptors (Lipinski definition) is 8. The molecule has 0 aliphatic carbocycles. The highest BCUT2D eigenvalue weighted by molar-refractivity contribution is 7.09. The number of halogens is 1. The summed E-state index contributed by atoms with van der Waals surface area (Å²) in [6.07, 6.45) is 1.83. The highest BCUT2D eigenvalue weighted by Gasteiger charge is 2.23. The van der Waals surface area contributed by atoms with E-state index in [2.05, 4.69) is 26.1 Å². The molecule has 2 aromatic heterocycles. The molecule has 0 saturated carbocycles. The molecule has 3 N–H and O–H groups in total. The minimum absolute atomic E-state index is 0.0371. The van der Waals surface area contributed by atoms with Crippen LogP contribution < -0.4 is 16.2 Å². The molecule has 144 valence electrons. The summed E-state index contributed by atoms with van der Waals surface area (Å²) in [4.78, 5) is 31.8. The fraction of sp³-hybridized carbons (Fsp3) is 0.118. The third-order valence-electron chi connectivity index (χ3n) is 3.65. The SMILES string of the molecule is O=C(NNc1ncnc(NCCc2cccs2)c1[N+](=O)[O-])c1ccc(F)cc1. The lowest BCUT2D eigenvalue weighted by atomic mass is 10.2. The van der Waals surface area contributed by atoms with Gasteiger partial charge in [0, 0.05) is 17.0 Å². The van der Waals surface area contributed by atoms with Crippen molar-refractivity contribution in [2.75, 3.05) is 17.3 Å². The Morgan fingerprint density at radius 3 is 2.61 bits per heavy atom. The molecule has 0 saturated heterocycles. The molecular weight excluding hydrogens is 387 g/mol. The largest absolute Gasteiger partial charge is 0.364 e. The fourth-order valence-electron chi connectivity index (χ4n) is 2.32. The van der Waals surface area contributed by atoms with Crippen LogP contribution in [-0.4, -0.2) is 27.3 Å². The van der Waals surface area contributed by atoms with E-state index in [0.29, 0.717) is 13.0 Å². The maximum atomic E-state index is 12.9. The van der Waals surface area contributed by atoms with Crippen molar-refractivity contribution in [3.8, 4) is 0 Å². The smallest absolute Gasteiger partial charge is 0.354 e. The third kappa shape index (κ3) is 4.76. The highest BCUT2D eigenvalue weighted by Crippen LogP contribution is 2.28. The third-order valence-corrected chi connectivity index (χ3v) is 4.59. The molecule has 0 fully saturated rings. The molecule has 28 heavy (non-hydrogen) atoms. The van der Waals surface area contributed by atoms with Crippen LogP contribution in [0.15, 0.2) is 48.1 Å². The molecule has 0 spiro atoms. The summed E-state index contributed by atoms with van der Waals surface area (Å²) >= 11 is 1.59. The zero-order valence-corrected chi connectivity index (χ0v) is 15.2. The highest BCUT2D eigenvalue weighted by atomic mass is 32.1. The van der Waals surface area contributed by atoms with E-state index in [4.69, 9.17) is 0 Å². The summed E-state index contributed by atoms with van der Waals surface area (Å²) in [5.74, 6) is -1.21. The van der Waals surface area contributed by atoms with Crippen LogP contribution in [0.1, 0.15) is 15.2 Å². The van der Waals surface area contributed by atoms with Crippen molar-refractivity contribution in [1.29, 1.82) is 0 Å². The van der Waals surface area contributed by atoms with E-state index < -0.39 is 22.3 Å². The van der Waals surface area contributed by atoms with Crippen molar-refractivity contribution >= 4 is 34.6 Å². The van der Waals surface area contributed by atoms with Crippen LogP contribution in [0, 0.1) is 15.9 Å². The maximum absolute atomic E-state index is 12.9. The maximum Gasteiger partial charge on any atom is 0.354 e. The predicted molar refractivity (Wildman–Crippen MR) is 103 cm³/mol. The molecule has 0 bridgehead atoms. The molecule has 0 radical (unpaired) electrons. The lowest BCUT2D eigenvalue weighted by molar-refractivity contribution is -0.383. The Morgan fingerprint density at radius 2 is 1.93 bits per heavy atom. The van der Waals surface area contributed by atoms with E-state index in [0.717, 1.165) is 23.3 Å². The number of hydrogen-bond donors (Lipinski definition) is 3. The number of carbonyl (C=O) groups is 1. The average molecular weight is 402 g/mol. The molecule has 0 unspecified atom stereocenters. The molecule has 0 aliphatic heterocycles. The zero-order chi connectivity index (χ0) is 19.9. The number of rotatable bonds is 8. The van der Waals surface area contributed by atoms with Gasteiger partial charge < -0.3 is 5.32 Å². The Bertz CT molecular complexity index is 966. The lowest BCUT2D eigenvalue weighted by Crippen LogP contribution is -2.30. The summed E-state index contributed by atoms with van der Waals surface area (Å²) in [7, 11) is 0. The predicted octanol–water partition coefficient (Wildman–Crippen LogP) is 3.00. The van der Waals surface area contributed by atoms with Gasteiger partial charge in [-0.1, -0.05) is 6.07 Å². The van der Waals surface area contributed by atoms with Crippen LogP contribution in [0.4, 0.5) is 21.7 Å². The summed E-state index contributed by atoms with van der Waals surface area (Å²) in [6.45, 7) is 0.444. The number of carbonyl (C=O) groups excluding carboxylic acids is 1. The van der Waals surface area contributed by atoms with Crippen LogP contribution in [0.5, 0.6) is 0 Å². The van der Waals surface area contributed by atoms with Crippen molar-refractivity contribution in [3.05, 3.63) is 74.5 Å². The summed E-state index contributed by atoms with van der Waals surface area (Å²) in [6, 6.07) is 8.75. The zero-order valence-electron chi connectivity index (χ0n) is 14.4. The average Bonchev–Trinajstić information content (AvgIpc) is 3.20. The number of hydrazine groups is 1. The molecule has 2 heterocycles. The molecule has 9 nitrogen and oxygen atoms in total. The van der Waals surface area contributed by atoms with Crippen LogP contribution in [0.25, 0.3) is 0 Å².